The predicted molar refractivity (Wildman–Crippen MR) is 79.5 cm³/mol. The van der Waals surface area contributed by atoms with Gasteiger partial charge < -0.3 is 24.8 Å². The molecule has 1 atom stereocenters. The number of nitrogens with two attached hydrogens (primary N) is 1. The largest absolute Gasteiger partial charge is 0.490 e. The molecule has 6 nitrogen and oxygen atoms in total. The third-order valence-corrected chi connectivity index (χ3v) is 3.50. The maximum atomic E-state index is 12.1. The van der Waals surface area contributed by atoms with Crippen LogP contribution in [0.15, 0.2) is 18.2 Å². The second kappa shape index (κ2) is 7.28. The van der Waals surface area contributed by atoms with E-state index in [4.69, 9.17) is 19.9 Å². The highest BCUT2D eigenvalue weighted by molar-refractivity contribution is 5.81. The number of ether oxygens (including phenoxy) is 3. The topological polar surface area (TPSA) is 74.0 Å². The first kappa shape index (κ1) is 15.6. The van der Waals surface area contributed by atoms with Crippen LogP contribution in [0.2, 0.25) is 0 Å². The Labute approximate surface area is 124 Å². The van der Waals surface area contributed by atoms with Crippen LogP contribution in [0.3, 0.4) is 0 Å². The van der Waals surface area contributed by atoms with Gasteiger partial charge in [0.25, 0.3) is 0 Å². The van der Waals surface area contributed by atoms with Gasteiger partial charge in [-0.2, -0.15) is 0 Å². The lowest BCUT2D eigenvalue weighted by Gasteiger charge is -2.34. The summed E-state index contributed by atoms with van der Waals surface area (Å²) < 4.78 is 15.7. The summed E-state index contributed by atoms with van der Waals surface area (Å²) >= 11 is 0. The van der Waals surface area contributed by atoms with Gasteiger partial charge in [-0.05, 0) is 24.6 Å². The van der Waals surface area contributed by atoms with Gasteiger partial charge in [0.05, 0.1) is 18.8 Å². The Morgan fingerprint density at radius 1 is 1.48 bits per heavy atom. The summed E-state index contributed by atoms with van der Waals surface area (Å²) in [7, 11) is 1.57. The second-order valence-corrected chi connectivity index (χ2v) is 4.88. The van der Waals surface area contributed by atoms with E-state index in [1.54, 1.807) is 7.11 Å². The molecule has 0 bridgehead atoms. The molecule has 2 N–H and O–H groups in total. The van der Waals surface area contributed by atoms with E-state index in [-0.39, 0.29) is 18.6 Å². The van der Waals surface area contributed by atoms with Crippen molar-refractivity contribution in [2.24, 2.45) is 5.73 Å². The highest BCUT2D eigenvalue weighted by Crippen LogP contribution is 2.33. The van der Waals surface area contributed by atoms with Crippen molar-refractivity contribution in [3.8, 4) is 5.75 Å². The molecule has 0 spiro atoms. The van der Waals surface area contributed by atoms with Crippen LogP contribution in [0.5, 0.6) is 5.75 Å². The third kappa shape index (κ3) is 3.65. The van der Waals surface area contributed by atoms with E-state index in [0.717, 1.165) is 17.0 Å². The van der Waals surface area contributed by atoms with Gasteiger partial charge in [0.1, 0.15) is 25.0 Å². The summed E-state index contributed by atoms with van der Waals surface area (Å²) in [4.78, 5) is 14.1. The highest BCUT2D eigenvalue weighted by atomic mass is 16.6. The number of carbonyl (C=O) groups excluding carboxylic acids is 1. The Morgan fingerprint density at radius 2 is 2.29 bits per heavy atom. The molecule has 0 saturated carbocycles. The lowest BCUT2D eigenvalue weighted by atomic mass is 10.1. The van der Waals surface area contributed by atoms with Crippen LogP contribution in [0, 0.1) is 0 Å². The Kier molecular flexibility index (Phi) is 5.41. The Hall–Kier alpha value is -1.79. The Bertz CT molecular complexity index is 493. The Balaban J connectivity index is 2.09. The number of hydrogen-bond donors (Lipinski definition) is 1. The predicted octanol–water partition coefficient (Wildman–Crippen LogP) is 0.922. The molecular weight excluding hydrogens is 272 g/mol. The zero-order valence-corrected chi connectivity index (χ0v) is 12.5. The van der Waals surface area contributed by atoms with E-state index in [2.05, 4.69) is 0 Å². The molecule has 0 aliphatic carbocycles. The number of esters is 1. The average molecular weight is 294 g/mol. The van der Waals surface area contributed by atoms with Crippen LogP contribution in [0.25, 0.3) is 0 Å². The number of hydrogen-bond acceptors (Lipinski definition) is 6. The normalized spacial score (nSPS) is 15.1. The molecule has 0 amide bonds. The van der Waals surface area contributed by atoms with E-state index < -0.39 is 0 Å². The molecule has 1 unspecified atom stereocenters. The van der Waals surface area contributed by atoms with Crippen LogP contribution >= 0.6 is 0 Å². The van der Waals surface area contributed by atoms with Crippen molar-refractivity contribution in [1.29, 1.82) is 0 Å². The van der Waals surface area contributed by atoms with Crippen molar-refractivity contribution in [1.82, 2.24) is 0 Å². The maximum absolute atomic E-state index is 12.1. The van der Waals surface area contributed by atoms with E-state index in [1.165, 1.54) is 0 Å². The first-order valence-electron chi connectivity index (χ1n) is 7.05. The average Bonchev–Trinajstić information content (AvgIpc) is 2.53. The molecule has 1 aliphatic heterocycles. The number of fused-ring (bicyclic) bond motifs is 1. The molecule has 21 heavy (non-hydrogen) atoms. The lowest BCUT2D eigenvalue weighted by molar-refractivity contribution is -0.146. The third-order valence-electron chi connectivity index (χ3n) is 3.50. The zero-order chi connectivity index (χ0) is 15.2. The fourth-order valence-electron chi connectivity index (χ4n) is 2.29. The zero-order valence-electron chi connectivity index (χ0n) is 12.5. The van der Waals surface area contributed by atoms with Crippen molar-refractivity contribution in [3.05, 3.63) is 23.8 Å². The summed E-state index contributed by atoms with van der Waals surface area (Å²) in [6.07, 6.45) is 0. The standard InChI is InChI=1S/C15H22N2O4/c1-11(15(18)21-8-7-19-2)17-5-6-20-14-9-12(10-16)3-4-13(14)17/h3-4,9,11H,5-8,10,16H2,1-2H3. The molecule has 1 aromatic rings. The monoisotopic (exact) mass is 294 g/mol. The van der Waals surface area contributed by atoms with Crippen molar-refractivity contribution in [2.45, 2.75) is 19.5 Å². The number of carbonyl (C=O) groups is 1. The van der Waals surface area contributed by atoms with Gasteiger partial charge in [0.2, 0.25) is 0 Å². The molecular formula is C15H22N2O4. The molecule has 0 aromatic heterocycles. The van der Waals surface area contributed by atoms with Gasteiger partial charge in [-0.3, -0.25) is 0 Å². The first-order valence-corrected chi connectivity index (χ1v) is 7.05. The fraction of sp³-hybridized carbons (Fsp3) is 0.533. The van der Waals surface area contributed by atoms with Crippen molar-refractivity contribution >= 4 is 11.7 Å². The smallest absolute Gasteiger partial charge is 0.328 e. The summed E-state index contributed by atoms with van der Waals surface area (Å²) in [5, 5.41) is 0. The number of rotatable bonds is 6. The summed E-state index contributed by atoms with van der Waals surface area (Å²) in [5.74, 6) is 0.503. The molecule has 1 aliphatic rings. The second-order valence-electron chi connectivity index (χ2n) is 4.88. The molecule has 1 aromatic carbocycles. The minimum Gasteiger partial charge on any atom is -0.490 e. The van der Waals surface area contributed by atoms with Crippen LogP contribution in [-0.4, -0.2) is 45.5 Å². The Morgan fingerprint density at radius 3 is 3.00 bits per heavy atom. The van der Waals surface area contributed by atoms with Crippen molar-refractivity contribution in [2.75, 3.05) is 38.4 Å². The van der Waals surface area contributed by atoms with E-state index in [9.17, 15) is 4.79 Å². The summed E-state index contributed by atoms with van der Waals surface area (Å²) in [6, 6.07) is 5.44. The number of anilines is 1. The maximum Gasteiger partial charge on any atom is 0.328 e. The number of methoxy groups -OCH3 is 1. The van der Waals surface area contributed by atoms with E-state index >= 15 is 0 Å². The molecule has 1 heterocycles. The SMILES string of the molecule is COCCOC(=O)C(C)N1CCOc2cc(CN)ccc21. The molecule has 0 radical (unpaired) electrons. The fourth-order valence-corrected chi connectivity index (χ4v) is 2.29. The van der Waals surface area contributed by atoms with Gasteiger partial charge in [-0.25, -0.2) is 4.79 Å². The molecule has 2 rings (SSSR count). The highest BCUT2D eigenvalue weighted by Gasteiger charge is 2.28. The van der Waals surface area contributed by atoms with Crippen LogP contribution < -0.4 is 15.4 Å². The van der Waals surface area contributed by atoms with Gasteiger partial charge >= 0.3 is 5.97 Å². The van der Waals surface area contributed by atoms with E-state index in [1.807, 2.05) is 30.0 Å². The van der Waals surface area contributed by atoms with Gasteiger partial charge in [-0.15, -0.1) is 0 Å². The quantitative estimate of drug-likeness (QED) is 0.621. The summed E-state index contributed by atoms with van der Waals surface area (Å²) in [6.45, 7) is 4.15. The molecule has 6 heteroatoms. The van der Waals surface area contributed by atoms with Crippen LogP contribution in [-0.2, 0) is 20.8 Å². The van der Waals surface area contributed by atoms with Gasteiger partial charge in [0.15, 0.2) is 0 Å². The van der Waals surface area contributed by atoms with Gasteiger partial charge in [0, 0.05) is 13.7 Å². The van der Waals surface area contributed by atoms with Crippen LogP contribution in [0.1, 0.15) is 12.5 Å². The lowest BCUT2D eigenvalue weighted by Crippen LogP contribution is -2.44. The molecule has 116 valence electrons. The molecule has 0 saturated heterocycles. The minimum atomic E-state index is -0.367. The van der Waals surface area contributed by atoms with Crippen LogP contribution in [0.4, 0.5) is 5.69 Å². The number of benzene rings is 1. The summed E-state index contributed by atoms with van der Waals surface area (Å²) in [5.41, 5.74) is 7.54. The van der Waals surface area contributed by atoms with E-state index in [0.29, 0.717) is 26.3 Å². The number of nitrogens with zero attached hydrogens (tertiary/aromatic N) is 1. The first-order chi connectivity index (χ1) is 10.2. The van der Waals surface area contributed by atoms with Crippen molar-refractivity contribution in [3.63, 3.8) is 0 Å². The van der Waals surface area contributed by atoms with Crippen molar-refractivity contribution < 1.29 is 19.0 Å². The molecule has 0 fully saturated rings. The minimum absolute atomic E-state index is 0.261. The van der Waals surface area contributed by atoms with Gasteiger partial charge in [-0.1, -0.05) is 6.07 Å².